The fourth-order valence-electron chi connectivity index (χ4n) is 6.31. The Labute approximate surface area is 211 Å². The van der Waals surface area contributed by atoms with E-state index >= 15 is 0 Å². The predicted octanol–water partition coefficient (Wildman–Crippen LogP) is 8.27. The molecule has 2 aliphatic rings. The predicted molar refractivity (Wildman–Crippen MR) is 148 cm³/mol. The first kappa shape index (κ1) is 22.3. The van der Waals surface area contributed by atoms with Crippen LogP contribution >= 0.6 is 0 Å². The summed E-state index contributed by atoms with van der Waals surface area (Å²) in [5.74, 6) is 0. The Morgan fingerprint density at radius 1 is 0.886 bits per heavy atom. The molecule has 2 aromatic carbocycles. The number of benzene rings is 2. The van der Waals surface area contributed by atoms with E-state index in [9.17, 15) is 0 Å². The third kappa shape index (κ3) is 3.75. The molecule has 2 aliphatic carbocycles. The van der Waals surface area contributed by atoms with E-state index in [1.807, 2.05) is 18.5 Å². The maximum atomic E-state index is 4.39. The quantitative estimate of drug-likeness (QED) is 0.299. The monoisotopic (exact) mass is 462 g/mol. The van der Waals surface area contributed by atoms with E-state index in [1.54, 1.807) is 11.1 Å². The molecular weight excluding hydrogens is 424 g/mol. The van der Waals surface area contributed by atoms with E-state index in [-0.39, 0.29) is 12.3 Å². The highest BCUT2D eigenvalue weighted by Crippen LogP contribution is 2.50. The van der Waals surface area contributed by atoms with Gasteiger partial charge < -0.3 is 4.57 Å². The maximum absolute atomic E-state index is 4.39. The zero-order valence-electron chi connectivity index (χ0n) is 21.8. The number of aryl methyl sites for hydroxylation is 2. The van der Waals surface area contributed by atoms with Crippen LogP contribution in [-0.4, -0.2) is 9.55 Å². The van der Waals surface area contributed by atoms with Crippen LogP contribution in [0.3, 0.4) is 0 Å². The molecule has 0 unspecified atom stereocenters. The van der Waals surface area contributed by atoms with E-state index in [4.69, 9.17) is 0 Å². The normalized spacial score (nSPS) is 17.4. The Balaban J connectivity index is 0.00000267. The zero-order valence-corrected chi connectivity index (χ0v) is 21.8. The minimum atomic E-state index is 0. The SMILES string of the molecule is Cc1ccc(-c2cn(Cc3cccnc3)c3c2CCc2cc4c(cc2-3)C(C)(C)CCC4(C)C)cc1.[HH]. The molecule has 2 heterocycles. The molecule has 0 amide bonds. The number of nitrogens with zero attached hydrogens (tertiary/aromatic N) is 2. The van der Waals surface area contributed by atoms with Gasteiger partial charge in [-0.3, -0.25) is 4.98 Å². The lowest BCUT2D eigenvalue weighted by atomic mass is 9.62. The number of aromatic nitrogens is 2. The minimum Gasteiger partial charge on any atom is -0.342 e. The van der Waals surface area contributed by atoms with E-state index in [1.165, 1.54) is 57.5 Å². The average molecular weight is 463 g/mol. The highest BCUT2D eigenvalue weighted by atomic mass is 15.0. The van der Waals surface area contributed by atoms with E-state index < -0.39 is 0 Å². The fraction of sp³-hybridized carbons (Fsp3) is 0.364. The Morgan fingerprint density at radius 3 is 2.29 bits per heavy atom. The second-order valence-corrected chi connectivity index (χ2v) is 12.0. The van der Waals surface area contributed by atoms with Gasteiger partial charge in [0, 0.05) is 37.7 Å². The summed E-state index contributed by atoms with van der Waals surface area (Å²) >= 11 is 0. The summed E-state index contributed by atoms with van der Waals surface area (Å²) in [5, 5.41) is 0. The molecule has 0 fully saturated rings. The van der Waals surface area contributed by atoms with Gasteiger partial charge in [0.2, 0.25) is 0 Å². The average Bonchev–Trinajstić information content (AvgIpc) is 3.21. The van der Waals surface area contributed by atoms with E-state index in [2.05, 4.69) is 92.8 Å². The van der Waals surface area contributed by atoms with Gasteiger partial charge in [0.1, 0.15) is 0 Å². The third-order valence-corrected chi connectivity index (χ3v) is 8.60. The number of rotatable bonds is 3. The van der Waals surface area contributed by atoms with Crippen molar-refractivity contribution in [1.29, 1.82) is 0 Å². The number of fused-ring (bicyclic) bond motifs is 4. The van der Waals surface area contributed by atoms with Crippen molar-refractivity contribution < 1.29 is 1.43 Å². The van der Waals surface area contributed by atoms with Crippen molar-refractivity contribution in [3.8, 4) is 22.4 Å². The van der Waals surface area contributed by atoms with Gasteiger partial charge in [-0.25, -0.2) is 0 Å². The molecule has 0 spiro atoms. The van der Waals surface area contributed by atoms with Gasteiger partial charge >= 0.3 is 0 Å². The van der Waals surface area contributed by atoms with Crippen molar-refractivity contribution in [1.82, 2.24) is 9.55 Å². The minimum absolute atomic E-state index is 0. The summed E-state index contributed by atoms with van der Waals surface area (Å²) in [7, 11) is 0. The van der Waals surface area contributed by atoms with E-state index in [0.717, 1.165) is 19.4 Å². The summed E-state index contributed by atoms with van der Waals surface area (Å²) in [6, 6.07) is 18.4. The van der Waals surface area contributed by atoms with Crippen molar-refractivity contribution in [2.75, 3.05) is 0 Å². The first-order valence-electron chi connectivity index (χ1n) is 13.1. The molecule has 0 atom stereocenters. The van der Waals surface area contributed by atoms with Crippen LogP contribution in [-0.2, 0) is 30.2 Å². The Kier molecular flexibility index (Phi) is 5.07. The lowest BCUT2D eigenvalue weighted by Crippen LogP contribution is -2.34. The van der Waals surface area contributed by atoms with Crippen molar-refractivity contribution in [2.24, 2.45) is 0 Å². The fourth-order valence-corrected chi connectivity index (χ4v) is 6.31. The van der Waals surface area contributed by atoms with Crippen molar-refractivity contribution in [3.63, 3.8) is 0 Å². The third-order valence-electron chi connectivity index (χ3n) is 8.60. The maximum Gasteiger partial charge on any atom is 0.0525 e. The zero-order chi connectivity index (χ0) is 24.4. The van der Waals surface area contributed by atoms with Crippen LogP contribution in [0.1, 0.15) is 75.3 Å². The lowest BCUT2D eigenvalue weighted by molar-refractivity contribution is 0.331. The van der Waals surface area contributed by atoms with Crippen molar-refractivity contribution in [3.05, 3.63) is 101 Å². The van der Waals surface area contributed by atoms with E-state index in [0.29, 0.717) is 0 Å². The highest BCUT2D eigenvalue weighted by molar-refractivity contribution is 5.82. The summed E-state index contributed by atoms with van der Waals surface area (Å²) in [5.41, 5.74) is 14.7. The largest absolute Gasteiger partial charge is 0.342 e. The van der Waals surface area contributed by atoms with Gasteiger partial charge in [-0.2, -0.15) is 0 Å². The standard InChI is InChI=1S/C33H36N2.H2/c1-22-8-10-24(11-9-22)28-21-35(20-23-7-6-16-34-19-23)31-26(28)13-12-25-17-29-30(18-27(25)31)33(4,5)15-14-32(29,2)3;/h6-11,16-19,21H,12-15,20H2,1-5H3;1H. The first-order valence-corrected chi connectivity index (χ1v) is 13.1. The summed E-state index contributed by atoms with van der Waals surface area (Å²) in [4.78, 5) is 4.39. The van der Waals surface area contributed by atoms with Gasteiger partial charge in [-0.05, 0) is 89.0 Å². The lowest BCUT2D eigenvalue weighted by Gasteiger charge is -2.43. The molecule has 2 aromatic heterocycles. The molecule has 0 saturated heterocycles. The summed E-state index contributed by atoms with van der Waals surface area (Å²) in [6.45, 7) is 12.7. The van der Waals surface area contributed by atoms with Gasteiger partial charge in [0.15, 0.2) is 0 Å². The van der Waals surface area contributed by atoms with Gasteiger partial charge in [-0.1, -0.05) is 69.7 Å². The molecular formula is C33H38N2. The summed E-state index contributed by atoms with van der Waals surface area (Å²) < 4.78 is 2.49. The van der Waals surface area contributed by atoms with Crippen LogP contribution in [0.5, 0.6) is 0 Å². The molecule has 2 heteroatoms. The number of pyridine rings is 1. The van der Waals surface area contributed by atoms with Crippen LogP contribution in [0.15, 0.2) is 67.1 Å². The van der Waals surface area contributed by atoms with Crippen LogP contribution in [0.25, 0.3) is 22.4 Å². The van der Waals surface area contributed by atoms with Crippen LogP contribution < -0.4 is 0 Å². The smallest absolute Gasteiger partial charge is 0.0525 e. The van der Waals surface area contributed by atoms with Crippen LogP contribution in [0.4, 0.5) is 0 Å². The molecule has 6 rings (SSSR count). The molecule has 2 nitrogen and oxygen atoms in total. The molecule has 4 aromatic rings. The van der Waals surface area contributed by atoms with Gasteiger partial charge in [0.25, 0.3) is 0 Å². The molecule has 0 N–H and O–H groups in total. The van der Waals surface area contributed by atoms with Gasteiger partial charge in [0.05, 0.1) is 5.69 Å². The second kappa shape index (κ2) is 7.95. The molecule has 0 bridgehead atoms. The van der Waals surface area contributed by atoms with Crippen molar-refractivity contribution >= 4 is 0 Å². The molecule has 180 valence electrons. The second-order valence-electron chi connectivity index (χ2n) is 12.0. The first-order chi connectivity index (χ1) is 16.7. The molecule has 0 saturated carbocycles. The van der Waals surface area contributed by atoms with Crippen LogP contribution in [0, 0.1) is 6.92 Å². The van der Waals surface area contributed by atoms with Gasteiger partial charge in [-0.15, -0.1) is 0 Å². The van der Waals surface area contributed by atoms with Crippen LogP contribution in [0.2, 0.25) is 0 Å². The highest BCUT2D eigenvalue weighted by Gasteiger charge is 2.38. The van der Waals surface area contributed by atoms with Crippen molar-refractivity contribution in [2.45, 2.75) is 77.7 Å². The Hall–Kier alpha value is -3.13. The molecule has 0 radical (unpaired) electrons. The number of hydrogen-bond donors (Lipinski definition) is 0. The Morgan fingerprint density at radius 2 is 1.60 bits per heavy atom. The topological polar surface area (TPSA) is 17.8 Å². The summed E-state index contributed by atoms with van der Waals surface area (Å²) in [6.07, 6.45) is 11.0. The molecule has 35 heavy (non-hydrogen) atoms. The molecule has 0 aliphatic heterocycles. The number of hydrogen-bond acceptors (Lipinski definition) is 1. The Bertz CT molecular complexity index is 1410.